The van der Waals surface area contributed by atoms with E-state index in [1.807, 2.05) is 6.07 Å². The van der Waals surface area contributed by atoms with Crippen LogP contribution in [0.4, 0.5) is 0 Å². The molecule has 0 saturated heterocycles. The Hall–Kier alpha value is -1.34. The van der Waals surface area contributed by atoms with Crippen LogP contribution in [0.3, 0.4) is 0 Å². The molecule has 17 heavy (non-hydrogen) atoms. The predicted molar refractivity (Wildman–Crippen MR) is 66.6 cm³/mol. The first-order chi connectivity index (χ1) is 8.13. The predicted octanol–water partition coefficient (Wildman–Crippen LogP) is 3.18. The highest BCUT2D eigenvalue weighted by Gasteiger charge is 2.41. The lowest BCUT2D eigenvalue weighted by Gasteiger charge is -2.36. The van der Waals surface area contributed by atoms with Gasteiger partial charge in [0.25, 0.3) is 0 Å². The normalized spacial score (nSPS) is 16.8. The molecule has 0 spiro atoms. The van der Waals surface area contributed by atoms with Gasteiger partial charge in [-0.2, -0.15) is 5.26 Å². The molecule has 1 aromatic rings. The largest absolute Gasteiger partial charge is 0.465 e. The van der Waals surface area contributed by atoms with Crippen molar-refractivity contribution in [2.24, 2.45) is 0 Å². The van der Waals surface area contributed by atoms with Gasteiger partial charge in [0, 0.05) is 4.47 Å². The summed E-state index contributed by atoms with van der Waals surface area (Å²) in [6.45, 7) is 0. The van der Waals surface area contributed by atoms with Gasteiger partial charge in [-0.05, 0) is 43.0 Å². The highest BCUT2D eigenvalue weighted by Crippen LogP contribution is 2.45. The Morgan fingerprint density at radius 3 is 2.71 bits per heavy atom. The van der Waals surface area contributed by atoms with Crippen LogP contribution in [0.25, 0.3) is 0 Å². The molecule has 0 bridgehead atoms. The first-order valence-electron chi connectivity index (χ1n) is 5.42. The molecule has 88 valence electrons. The first kappa shape index (κ1) is 12.1. The Balaban J connectivity index is 2.55. The van der Waals surface area contributed by atoms with Gasteiger partial charge in [-0.1, -0.05) is 15.9 Å². The maximum atomic E-state index is 11.7. The molecule has 1 saturated carbocycles. The van der Waals surface area contributed by atoms with E-state index in [1.165, 1.54) is 7.11 Å². The number of carbonyl (C=O) groups is 1. The Kier molecular flexibility index (Phi) is 3.21. The molecule has 2 rings (SSSR count). The van der Waals surface area contributed by atoms with Crippen LogP contribution in [0.1, 0.15) is 35.2 Å². The molecule has 0 amide bonds. The second kappa shape index (κ2) is 4.50. The highest BCUT2D eigenvalue weighted by molar-refractivity contribution is 9.10. The molecule has 0 heterocycles. The van der Waals surface area contributed by atoms with E-state index in [0.29, 0.717) is 5.56 Å². The molecule has 3 nitrogen and oxygen atoms in total. The molecule has 0 unspecified atom stereocenters. The SMILES string of the molecule is COC(=O)c1ccc(Br)cc1C1(C#N)CCC1. The summed E-state index contributed by atoms with van der Waals surface area (Å²) in [5.41, 5.74) is 0.775. The molecule has 1 aromatic carbocycles. The maximum Gasteiger partial charge on any atom is 0.338 e. The average molecular weight is 294 g/mol. The third kappa shape index (κ3) is 1.96. The number of nitrogens with zero attached hydrogens (tertiary/aromatic N) is 1. The van der Waals surface area contributed by atoms with Gasteiger partial charge in [-0.15, -0.1) is 0 Å². The zero-order valence-corrected chi connectivity index (χ0v) is 11.1. The lowest BCUT2D eigenvalue weighted by Crippen LogP contribution is -2.34. The lowest BCUT2D eigenvalue weighted by molar-refractivity contribution is 0.0596. The van der Waals surface area contributed by atoms with Crippen LogP contribution in [0.15, 0.2) is 22.7 Å². The van der Waals surface area contributed by atoms with Crippen molar-refractivity contribution in [2.45, 2.75) is 24.7 Å². The number of halogens is 1. The van der Waals surface area contributed by atoms with Gasteiger partial charge < -0.3 is 4.74 Å². The highest BCUT2D eigenvalue weighted by atomic mass is 79.9. The molecule has 0 atom stereocenters. The molecule has 0 aromatic heterocycles. The Labute approximate surface area is 109 Å². The molecule has 0 N–H and O–H groups in total. The zero-order valence-electron chi connectivity index (χ0n) is 9.50. The summed E-state index contributed by atoms with van der Waals surface area (Å²) in [7, 11) is 1.36. The molecule has 4 heteroatoms. The topological polar surface area (TPSA) is 50.1 Å². The second-order valence-corrected chi connectivity index (χ2v) is 5.14. The van der Waals surface area contributed by atoms with Crippen molar-refractivity contribution in [1.82, 2.24) is 0 Å². The van der Waals surface area contributed by atoms with Crippen LogP contribution in [-0.2, 0) is 10.2 Å². The molecule has 0 aliphatic heterocycles. The van der Waals surface area contributed by atoms with Gasteiger partial charge in [-0.25, -0.2) is 4.79 Å². The Bertz CT molecular complexity index is 501. The molecular formula is C13H12BrNO2. The molecule has 1 fully saturated rings. The van der Waals surface area contributed by atoms with Crippen LogP contribution < -0.4 is 0 Å². The Morgan fingerprint density at radius 2 is 2.24 bits per heavy atom. The molecule has 1 aliphatic rings. The molecule has 1 aliphatic carbocycles. The van der Waals surface area contributed by atoms with Crippen molar-refractivity contribution in [1.29, 1.82) is 5.26 Å². The van der Waals surface area contributed by atoms with E-state index in [0.717, 1.165) is 29.3 Å². The van der Waals surface area contributed by atoms with Gasteiger partial charge in [0.15, 0.2) is 0 Å². The van der Waals surface area contributed by atoms with E-state index < -0.39 is 5.41 Å². The summed E-state index contributed by atoms with van der Waals surface area (Å²) in [5.74, 6) is -0.381. The van der Waals surface area contributed by atoms with Crippen molar-refractivity contribution in [3.05, 3.63) is 33.8 Å². The summed E-state index contributed by atoms with van der Waals surface area (Å²) in [5, 5.41) is 9.34. The van der Waals surface area contributed by atoms with Crippen molar-refractivity contribution in [3.63, 3.8) is 0 Å². The molecule has 0 radical (unpaired) electrons. The van der Waals surface area contributed by atoms with Crippen LogP contribution in [-0.4, -0.2) is 13.1 Å². The van der Waals surface area contributed by atoms with Gasteiger partial charge in [0.1, 0.15) is 0 Å². The Morgan fingerprint density at radius 1 is 1.53 bits per heavy atom. The van der Waals surface area contributed by atoms with E-state index in [9.17, 15) is 10.1 Å². The van der Waals surface area contributed by atoms with Gasteiger partial charge in [-0.3, -0.25) is 0 Å². The lowest BCUT2D eigenvalue weighted by atomic mass is 9.64. The maximum absolute atomic E-state index is 11.7. The zero-order chi connectivity index (χ0) is 12.5. The number of benzene rings is 1. The minimum absolute atomic E-state index is 0.381. The number of carbonyl (C=O) groups excluding carboxylic acids is 1. The summed E-state index contributed by atoms with van der Waals surface area (Å²) in [6.07, 6.45) is 2.65. The van der Waals surface area contributed by atoms with E-state index in [2.05, 4.69) is 22.0 Å². The van der Waals surface area contributed by atoms with Crippen LogP contribution in [0, 0.1) is 11.3 Å². The quantitative estimate of drug-likeness (QED) is 0.787. The molecular weight excluding hydrogens is 282 g/mol. The number of nitriles is 1. The number of methoxy groups -OCH3 is 1. The fourth-order valence-electron chi connectivity index (χ4n) is 2.17. The minimum Gasteiger partial charge on any atom is -0.465 e. The first-order valence-corrected chi connectivity index (χ1v) is 6.22. The van der Waals surface area contributed by atoms with Gasteiger partial charge in [0.2, 0.25) is 0 Å². The second-order valence-electron chi connectivity index (χ2n) is 4.23. The van der Waals surface area contributed by atoms with E-state index in [-0.39, 0.29) is 5.97 Å². The van der Waals surface area contributed by atoms with Gasteiger partial charge >= 0.3 is 5.97 Å². The fourth-order valence-corrected chi connectivity index (χ4v) is 2.53. The summed E-state index contributed by atoms with van der Waals surface area (Å²) < 4.78 is 5.64. The number of ether oxygens (including phenoxy) is 1. The summed E-state index contributed by atoms with van der Waals surface area (Å²) in [4.78, 5) is 11.7. The number of hydrogen-bond donors (Lipinski definition) is 0. The minimum atomic E-state index is -0.507. The van der Waals surface area contributed by atoms with Gasteiger partial charge in [0.05, 0.1) is 24.2 Å². The fraction of sp³-hybridized carbons (Fsp3) is 0.385. The third-order valence-corrected chi connectivity index (χ3v) is 3.82. The number of hydrogen-bond acceptors (Lipinski definition) is 3. The van der Waals surface area contributed by atoms with Crippen molar-refractivity contribution < 1.29 is 9.53 Å². The van der Waals surface area contributed by atoms with Crippen molar-refractivity contribution in [2.75, 3.05) is 7.11 Å². The summed E-state index contributed by atoms with van der Waals surface area (Å²) in [6, 6.07) is 7.71. The van der Waals surface area contributed by atoms with E-state index in [4.69, 9.17) is 4.74 Å². The monoisotopic (exact) mass is 293 g/mol. The summed E-state index contributed by atoms with van der Waals surface area (Å²) >= 11 is 3.38. The number of esters is 1. The van der Waals surface area contributed by atoms with Crippen molar-refractivity contribution >= 4 is 21.9 Å². The van der Waals surface area contributed by atoms with Crippen molar-refractivity contribution in [3.8, 4) is 6.07 Å². The standard InChI is InChI=1S/C13H12BrNO2/c1-17-12(16)10-4-3-9(14)7-11(10)13(8-15)5-2-6-13/h3-4,7H,2,5-6H2,1H3. The van der Waals surface area contributed by atoms with E-state index >= 15 is 0 Å². The van der Waals surface area contributed by atoms with Crippen LogP contribution >= 0.6 is 15.9 Å². The van der Waals surface area contributed by atoms with Crippen LogP contribution in [0.2, 0.25) is 0 Å². The van der Waals surface area contributed by atoms with Crippen LogP contribution in [0.5, 0.6) is 0 Å². The average Bonchev–Trinajstić information content (AvgIpc) is 2.28. The smallest absolute Gasteiger partial charge is 0.338 e. The third-order valence-electron chi connectivity index (χ3n) is 3.32. The number of rotatable bonds is 2. The van der Waals surface area contributed by atoms with E-state index in [1.54, 1.807) is 12.1 Å².